The molecule has 0 radical (unpaired) electrons. The normalized spacial score (nSPS) is 12.8. The van der Waals surface area contributed by atoms with E-state index in [1.54, 1.807) is 39.0 Å². The van der Waals surface area contributed by atoms with E-state index in [2.05, 4.69) is 5.32 Å². The Morgan fingerprint density at radius 1 is 1.08 bits per heavy atom. The number of ether oxygens (including phenoxy) is 2. The molecule has 3 aromatic carbocycles. The van der Waals surface area contributed by atoms with E-state index in [0.717, 1.165) is 5.56 Å². The molecule has 0 unspecified atom stereocenters. The number of hydrogen-bond donors (Lipinski definition) is 1. The van der Waals surface area contributed by atoms with Gasteiger partial charge in [0.15, 0.2) is 0 Å². The van der Waals surface area contributed by atoms with Crippen LogP contribution >= 0.6 is 0 Å². The summed E-state index contributed by atoms with van der Waals surface area (Å²) in [6, 6.07) is 19.7. The van der Waals surface area contributed by atoms with Gasteiger partial charge in [-0.1, -0.05) is 30.3 Å². The highest BCUT2D eigenvalue weighted by Gasteiger charge is 2.33. The molecule has 188 valence electrons. The Morgan fingerprint density at radius 3 is 2.54 bits per heavy atom. The van der Waals surface area contributed by atoms with Gasteiger partial charge in [-0.25, -0.2) is 9.36 Å². The van der Waals surface area contributed by atoms with Crippen LogP contribution in [0.15, 0.2) is 66.7 Å². The first kappa shape index (κ1) is 24.1. The number of nitrogens with zero attached hydrogens (tertiary/aromatic N) is 2. The topological polar surface area (TPSA) is 113 Å². The van der Waals surface area contributed by atoms with Crippen molar-refractivity contribution in [2.24, 2.45) is 0 Å². The fourth-order valence-electron chi connectivity index (χ4n) is 4.44. The Balaban J connectivity index is 1.64. The number of carbonyl (C=O) groups excluding carboxylic acids is 2. The van der Waals surface area contributed by atoms with Crippen LogP contribution in [0.5, 0.6) is 5.75 Å². The second kappa shape index (κ2) is 9.09. The first-order chi connectivity index (χ1) is 17.6. The van der Waals surface area contributed by atoms with Crippen molar-refractivity contribution in [3.63, 3.8) is 0 Å². The third kappa shape index (κ3) is 4.63. The van der Waals surface area contributed by atoms with Gasteiger partial charge in [-0.3, -0.25) is 14.9 Å². The van der Waals surface area contributed by atoms with E-state index in [1.807, 2.05) is 36.4 Å². The molecular weight excluding hydrogens is 474 g/mol. The van der Waals surface area contributed by atoms with Gasteiger partial charge in [0.25, 0.3) is 11.6 Å². The van der Waals surface area contributed by atoms with Gasteiger partial charge < -0.3 is 14.8 Å². The molecule has 1 aromatic heterocycles. The third-order valence-electron chi connectivity index (χ3n) is 6.01. The van der Waals surface area contributed by atoms with Crippen LogP contribution < -0.4 is 10.1 Å². The van der Waals surface area contributed by atoms with Gasteiger partial charge in [0.2, 0.25) is 0 Å². The molecule has 1 aliphatic rings. The molecule has 9 heteroatoms. The molecule has 37 heavy (non-hydrogen) atoms. The molecule has 9 nitrogen and oxygen atoms in total. The Kier molecular flexibility index (Phi) is 5.91. The summed E-state index contributed by atoms with van der Waals surface area (Å²) in [5.74, 6) is 0.178. The zero-order chi connectivity index (χ0) is 26.3. The number of rotatable bonds is 5. The van der Waals surface area contributed by atoms with Crippen LogP contribution in [-0.4, -0.2) is 27.1 Å². The molecule has 0 aliphatic carbocycles. The van der Waals surface area contributed by atoms with Crippen molar-refractivity contribution in [2.45, 2.75) is 39.5 Å². The lowest BCUT2D eigenvalue weighted by Gasteiger charge is -2.21. The molecule has 0 bridgehead atoms. The second-order valence-corrected chi connectivity index (χ2v) is 9.77. The quantitative estimate of drug-likeness (QED) is 0.273. The zero-order valence-electron chi connectivity index (χ0n) is 20.6. The van der Waals surface area contributed by atoms with Crippen molar-refractivity contribution < 1.29 is 24.0 Å². The summed E-state index contributed by atoms with van der Waals surface area (Å²) in [6.45, 7) is 5.72. The van der Waals surface area contributed by atoms with Gasteiger partial charge in [-0.15, -0.1) is 0 Å². The van der Waals surface area contributed by atoms with Gasteiger partial charge in [-0.05, 0) is 56.7 Å². The summed E-state index contributed by atoms with van der Waals surface area (Å²) in [4.78, 5) is 37.2. The third-order valence-corrected chi connectivity index (χ3v) is 6.01. The number of nitro groups is 1. The lowest BCUT2D eigenvalue weighted by atomic mass is 9.98. The minimum absolute atomic E-state index is 0.0441. The van der Waals surface area contributed by atoms with Crippen molar-refractivity contribution in [1.82, 2.24) is 9.88 Å². The summed E-state index contributed by atoms with van der Waals surface area (Å²) >= 11 is 0. The maximum absolute atomic E-state index is 13.4. The summed E-state index contributed by atoms with van der Waals surface area (Å²) in [5.41, 5.74) is 1.94. The summed E-state index contributed by atoms with van der Waals surface area (Å²) in [7, 11) is 0. The van der Waals surface area contributed by atoms with Crippen LogP contribution in [0.4, 0.5) is 10.5 Å². The molecular formula is C28H25N3O6. The molecule has 0 atom stereocenters. The molecule has 1 amide bonds. The molecule has 1 N–H and O–H groups in total. The van der Waals surface area contributed by atoms with Crippen LogP contribution in [0.2, 0.25) is 0 Å². The predicted molar refractivity (Wildman–Crippen MR) is 138 cm³/mol. The standard InChI is InChI=1S/C28H25N3O6/c1-28(2,3)37-27(33)30-22-11-9-19(36-16-17-7-5-4-6-8-17)13-18(22)14-24(30)20-10-12-23(31(34)35)21-15-29-26(32)25(20)21/h4-14H,15-16H2,1-3H3,(H,29,32). The average Bonchev–Trinajstić information content (AvgIpc) is 3.42. The van der Waals surface area contributed by atoms with Crippen molar-refractivity contribution >= 4 is 28.6 Å². The maximum Gasteiger partial charge on any atom is 0.419 e. The van der Waals surface area contributed by atoms with Crippen LogP contribution in [-0.2, 0) is 17.9 Å². The lowest BCUT2D eigenvalue weighted by Crippen LogP contribution is -2.27. The van der Waals surface area contributed by atoms with Crippen molar-refractivity contribution in [1.29, 1.82) is 0 Å². The Labute approximate surface area is 212 Å². The maximum atomic E-state index is 13.4. The molecule has 2 heterocycles. The SMILES string of the molecule is CC(C)(C)OC(=O)n1c(-c2ccc([N+](=O)[O-])c3c2C(=O)NC3)cc2cc(OCc3ccccc3)ccc21. The Morgan fingerprint density at radius 2 is 1.84 bits per heavy atom. The fraction of sp³-hybridized carbons (Fsp3) is 0.214. The number of amides is 1. The summed E-state index contributed by atoms with van der Waals surface area (Å²) in [5, 5.41) is 14.9. The van der Waals surface area contributed by atoms with Gasteiger partial charge in [0.05, 0.1) is 33.8 Å². The second-order valence-electron chi connectivity index (χ2n) is 9.77. The van der Waals surface area contributed by atoms with Crippen molar-refractivity contribution in [3.05, 3.63) is 93.5 Å². The van der Waals surface area contributed by atoms with Crippen molar-refractivity contribution in [3.8, 4) is 17.0 Å². The van der Waals surface area contributed by atoms with E-state index in [4.69, 9.17) is 9.47 Å². The van der Waals surface area contributed by atoms with Crippen LogP contribution in [0.3, 0.4) is 0 Å². The van der Waals surface area contributed by atoms with Crippen molar-refractivity contribution in [2.75, 3.05) is 0 Å². The van der Waals surface area contributed by atoms with Crippen LogP contribution in [0.1, 0.15) is 42.3 Å². The highest BCUT2D eigenvalue weighted by molar-refractivity contribution is 6.07. The van der Waals surface area contributed by atoms with Gasteiger partial charge >= 0.3 is 6.09 Å². The van der Waals surface area contributed by atoms with Crippen LogP contribution in [0.25, 0.3) is 22.2 Å². The summed E-state index contributed by atoms with van der Waals surface area (Å²) < 4.78 is 13.0. The minimum atomic E-state index is -0.765. The van der Waals surface area contributed by atoms with E-state index in [1.165, 1.54) is 16.7 Å². The molecule has 0 saturated heterocycles. The fourth-order valence-corrected chi connectivity index (χ4v) is 4.44. The number of carbonyl (C=O) groups is 2. The monoisotopic (exact) mass is 499 g/mol. The largest absolute Gasteiger partial charge is 0.489 e. The number of nitrogens with one attached hydrogen (secondary N) is 1. The number of aromatic nitrogens is 1. The highest BCUT2D eigenvalue weighted by Crippen LogP contribution is 2.38. The molecule has 0 saturated carbocycles. The van der Waals surface area contributed by atoms with E-state index in [0.29, 0.717) is 40.1 Å². The highest BCUT2D eigenvalue weighted by atomic mass is 16.6. The molecule has 5 rings (SSSR count). The van der Waals surface area contributed by atoms with E-state index in [9.17, 15) is 19.7 Å². The number of benzene rings is 3. The molecule has 4 aromatic rings. The van der Waals surface area contributed by atoms with E-state index < -0.39 is 22.5 Å². The number of hydrogen-bond acceptors (Lipinski definition) is 6. The van der Waals surface area contributed by atoms with E-state index >= 15 is 0 Å². The zero-order valence-corrected chi connectivity index (χ0v) is 20.6. The Hall–Kier alpha value is -4.66. The first-order valence-corrected chi connectivity index (χ1v) is 11.8. The smallest absolute Gasteiger partial charge is 0.419 e. The first-order valence-electron chi connectivity index (χ1n) is 11.8. The van der Waals surface area contributed by atoms with Gasteiger partial charge in [-0.2, -0.15) is 0 Å². The van der Waals surface area contributed by atoms with Crippen LogP contribution in [0, 0.1) is 10.1 Å². The number of fused-ring (bicyclic) bond motifs is 2. The average molecular weight is 500 g/mol. The minimum Gasteiger partial charge on any atom is -0.489 e. The predicted octanol–water partition coefficient (Wildman–Crippen LogP) is 5.82. The lowest BCUT2D eigenvalue weighted by molar-refractivity contribution is -0.385. The number of nitro benzene ring substituents is 1. The molecule has 0 fully saturated rings. The molecule has 0 spiro atoms. The van der Waals surface area contributed by atoms with E-state index in [-0.39, 0.29) is 17.8 Å². The van der Waals surface area contributed by atoms with Gasteiger partial charge in [0.1, 0.15) is 18.0 Å². The molecule has 1 aliphatic heterocycles. The van der Waals surface area contributed by atoms with Gasteiger partial charge in [0, 0.05) is 17.0 Å². The Bertz CT molecular complexity index is 1550. The summed E-state index contributed by atoms with van der Waals surface area (Å²) in [6.07, 6.45) is -0.624.